The van der Waals surface area contributed by atoms with Crippen molar-refractivity contribution in [2.45, 2.75) is 25.5 Å². The van der Waals surface area contributed by atoms with Crippen LogP contribution in [0.5, 0.6) is 0 Å². The molecule has 2 aromatic rings. The number of aliphatic hydroxyl groups is 1. The fourth-order valence-corrected chi connectivity index (χ4v) is 2.78. The van der Waals surface area contributed by atoms with Gasteiger partial charge in [-0.25, -0.2) is 4.79 Å². The Morgan fingerprint density at radius 1 is 1.26 bits per heavy atom. The third-order valence-electron chi connectivity index (χ3n) is 4.08. The summed E-state index contributed by atoms with van der Waals surface area (Å²) in [4.78, 5) is 17.9. The topological polar surface area (TPSA) is 65.5 Å². The summed E-state index contributed by atoms with van der Waals surface area (Å²) in [6.07, 6.45) is 4.82. The van der Waals surface area contributed by atoms with Gasteiger partial charge in [0.25, 0.3) is 0 Å². The maximum Gasteiger partial charge on any atom is 0.317 e. The second kappa shape index (κ2) is 7.24. The van der Waals surface area contributed by atoms with Gasteiger partial charge in [0, 0.05) is 32.0 Å². The van der Waals surface area contributed by atoms with E-state index in [-0.39, 0.29) is 6.03 Å². The third-order valence-corrected chi connectivity index (χ3v) is 4.08. The average molecular weight is 311 g/mol. The number of aliphatic hydroxyl groups excluding tert-OH is 1. The average Bonchev–Trinajstić information content (AvgIpc) is 2.61. The van der Waals surface area contributed by atoms with Crippen molar-refractivity contribution in [3.05, 3.63) is 54.4 Å². The first kappa shape index (κ1) is 15.5. The fourth-order valence-electron chi connectivity index (χ4n) is 2.78. The predicted octanol–water partition coefficient (Wildman–Crippen LogP) is 2.41. The molecule has 0 spiro atoms. The summed E-state index contributed by atoms with van der Waals surface area (Å²) in [6, 6.07) is 11.9. The molecule has 2 heterocycles. The highest BCUT2D eigenvalue weighted by atomic mass is 16.3. The molecule has 1 aliphatic heterocycles. The number of β-amino-alcohol motifs (C(OH)–C–C–N with tert-alkyl or cyclic N) is 1. The number of carbonyl (C=O) groups excluding carboxylic acids is 1. The monoisotopic (exact) mass is 311 g/mol. The molecular formula is C18H21N3O2. The van der Waals surface area contributed by atoms with E-state index in [2.05, 4.69) is 10.3 Å². The van der Waals surface area contributed by atoms with Gasteiger partial charge in [-0.05, 0) is 35.6 Å². The van der Waals surface area contributed by atoms with Gasteiger partial charge in [-0.2, -0.15) is 0 Å². The van der Waals surface area contributed by atoms with Crippen molar-refractivity contribution in [1.82, 2.24) is 15.2 Å². The summed E-state index contributed by atoms with van der Waals surface area (Å²) >= 11 is 0. The molecule has 120 valence electrons. The minimum absolute atomic E-state index is 0.111. The maximum atomic E-state index is 12.1. The second-order valence-electron chi connectivity index (χ2n) is 5.84. The van der Waals surface area contributed by atoms with Crippen LogP contribution < -0.4 is 5.32 Å². The molecule has 1 saturated heterocycles. The van der Waals surface area contributed by atoms with E-state index in [1.807, 2.05) is 42.6 Å². The number of amides is 2. The Bertz CT molecular complexity index is 643. The molecule has 23 heavy (non-hydrogen) atoms. The Kier molecular flexibility index (Phi) is 4.88. The fraction of sp³-hybridized carbons (Fsp3) is 0.333. The van der Waals surface area contributed by atoms with Gasteiger partial charge in [-0.1, -0.05) is 30.3 Å². The number of hydrogen-bond donors (Lipinski definition) is 2. The first-order chi connectivity index (χ1) is 11.2. The van der Waals surface area contributed by atoms with Crippen molar-refractivity contribution in [3.63, 3.8) is 0 Å². The number of rotatable bonds is 3. The lowest BCUT2D eigenvalue weighted by Crippen LogP contribution is -2.46. The first-order valence-electron chi connectivity index (χ1n) is 7.92. The Morgan fingerprint density at radius 2 is 2.09 bits per heavy atom. The zero-order valence-electron chi connectivity index (χ0n) is 13.0. The molecule has 2 amide bonds. The molecule has 1 aromatic heterocycles. The number of nitrogens with zero attached hydrogens (tertiary/aromatic N) is 2. The number of carbonyl (C=O) groups is 1. The van der Waals surface area contributed by atoms with Gasteiger partial charge in [-0.3, -0.25) is 4.98 Å². The number of likely N-dealkylation sites (tertiary alicyclic amines) is 1. The van der Waals surface area contributed by atoms with Crippen molar-refractivity contribution >= 4 is 6.03 Å². The summed E-state index contributed by atoms with van der Waals surface area (Å²) in [6.45, 7) is 1.62. The molecule has 0 unspecified atom stereocenters. The second-order valence-corrected chi connectivity index (χ2v) is 5.84. The Labute approximate surface area is 136 Å². The third kappa shape index (κ3) is 4.07. The molecule has 5 nitrogen and oxygen atoms in total. The number of pyridine rings is 1. The van der Waals surface area contributed by atoms with E-state index in [1.54, 1.807) is 11.1 Å². The van der Waals surface area contributed by atoms with Crippen molar-refractivity contribution in [2.24, 2.45) is 0 Å². The summed E-state index contributed by atoms with van der Waals surface area (Å²) in [5.74, 6) is 0. The van der Waals surface area contributed by atoms with Gasteiger partial charge in [0.05, 0.1) is 6.10 Å². The quantitative estimate of drug-likeness (QED) is 0.915. The molecule has 0 saturated carbocycles. The number of urea groups is 1. The summed E-state index contributed by atoms with van der Waals surface area (Å²) in [5, 5.41) is 12.5. The van der Waals surface area contributed by atoms with Crippen LogP contribution >= 0.6 is 0 Å². The minimum Gasteiger partial charge on any atom is -0.391 e. The van der Waals surface area contributed by atoms with Crippen molar-refractivity contribution < 1.29 is 9.90 Å². The van der Waals surface area contributed by atoms with Gasteiger partial charge in [-0.15, -0.1) is 0 Å². The van der Waals surface area contributed by atoms with E-state index < -0.39 is 6.10 Å². The van der Waals surface area contributed by atoms with Crippen LogP contribution in [0.25, 0.3) is 11.1 Å². The molecule has 0 aliphatic carbocycles. The van der Waals surface area contributed by atoms with E-state index in [0.717, 1.165) is 29.5 Å². The lowest BCUT2D eigenvalue weighted by molar-refractivity contribution is 0.0842. The normalized spacial score (nSPS) is 17.8. The van der Waals surface area contributed by atoms with Gasteiger partial charge in [0.1, 0.15) is 0 Å². The molecule has 1 fully saturated rings. The highest BCUT2D eigenvalue weighted by Gasteiger charge is 2.21. The number of nitrogens with one attached hydrogen (secondary N) is 1. The molecule has 3 rings (SSSR count). The van der Waals surface area contributed by atoms with E-state index >= 15 is 0 Å². The van der Waals surface area contributed by atoms with E-state index in [9.17, 15) is 9.90 Å². The van der Waals surface area contributed by atoms with Crippen LogP contribution in [0.3, 0.4) is 0 Å². The van der Waals surface area contributed by atoms with Gasteiger partial charge < -0.3 is 15.3 Å². The van der Waals surface area contributed by atoms with Crippen LogP contribution in [0.1, 0.15) is 18.4 Å². The standard InChI is InChI=1S/C18H21N3O2/c22-17-4-2-10-21(13-17)18(23)20-11-14-5-7-15(8-6-14)16-3-1-9-19-12-16/h1,3,5-9,12,17,22H,2,4,10-11,13H2,(H,20,23)/t17-/m1/s1. The van der Waals surface area contributed by atoms with Crippen LogP contribution in [0.2, 0.25) is 0 Å². The van der Waals surface area contributed by atoms with E-state index in [1.165, 1.54) is 0 Å². The SMILES string of the molecule is O=C(NCc1ccc(-c2cccnc2)cc1)N1CCC[C@@H](O)C1. The van der Waals surface area contributed by atoms with Crippen molar-refractivity contribution in [2.75, 3.05) is 13.1 Å². The van der Waals surface area contributed by atoms with Crippen LogP contribution in [0, 0.1) is 0 Å². The number of piperidine rings is 1. The zero-order chi connectivity index (χ0) is 16.1. The van der Waals surface area contributed by atoms with E-state index in [4.69, 9.17) is 0 Å². The molecule has 1 atom stereocenters. The molecule has 0 radical (unpaired) electrons. The number of benzene rings is 1. The van der Waals surface area contributed by atoms with E-state index in [0.29, 0.717) is 19.6 Å². The highest BCUT2D eigenvalue weighted by Crippen LogP contribution is 2.18. The largest absolute Gasteiger partial charge is 0.391 e. The highest BCUT2D eigenvalue weighted by molar-refractivity contribution is 5.74. The zero-order valence-corrected chi connectivity index (χ0v) is 13.0. The minimum atomic E-state index is -0.395. The molecule has 1 aromatic carbocycles. The summed E-state index contributed by atoms with van der Waals surface area (Å²) in [5.41, 5.74) is 3.22. The Morgan fingerprint density at radius 3 is 2.78 bits per heavy atom. The first-order valence-corrected chi connectivity index (χ1v) is 7.92. The molecule has 2 N–H and O–H groups in total. The van der Waals surface area contributed by atoms with Crippen LogP contribution in [-0.4, -0.2) is 40.2 Å². The van der Waals surface area contributed by atoms with Crippen LogP contribution in [0.15, 0.2) is 48.8 Å². The summed E-state index contributed by atoms with van der Waals surface area (Å²) in [7, 11) is 0. The molecule has 1 aliphatic rings. The molecule has 0 bridgehead atoms. The summed E-state index contributed by atoms with van der Waals surface area (Å²) < 4.78 is 0. The predicted molar refractivity (Wildman–Crippen MR) is 88.7 cm³/mol. The number of hydrogen-bond acceptors (Lipinski definition) is 3. The smallest absolute Gasteiger partial charge is 0.317 e. The van der Waals surface area contributed by atoms with Gasteiger partial charge >= 0.3 is 6.03 Å². The van der Waals surface area contributed by atoms with Crippen molar-refractivity contribution in [1.29, 1.82) is 0 Å². The van der Waals surface area contributed by atoms with Gasteiger partial charge in [0.15, 0.2) is 0 Å². The van der Waals surface area contributed by atoms with Crippen molar-refractivity contribution in [3.8, 4) is 11.1 Å². The maximum absolute atomic E-state index is 12.1. The van der Waals surface area contributed by atoms with Crippen LogP contribution in [-0.2, 0) is 6.54 Å². The Balaban J connectivity index is 1.55. The molecule has 5 heteroatoms. The lowest BCUT2D eigenvalue weighted by atomic mass is 10.1. The van der Waals surface area contributed by atoms with Crippen LogP contribution in [0.4, 0.5) is 4.79 Å². The number of aromatic nitrogens is 1. The lowest BCUT2D eigenvalue weighted by Gasteiger charge is -2.30. The van der Waals surface area contributed by atoms with Gasteiger partial charge in [0.2, 0.25) is 0 Å². The Hall–Kier alpha value is -2.40. The molecular weight excluding hydrogens is 290 g/mol.